The molecule has 212 valence electrons. The average molecular weight is 611 g/mol. The van der Waals surface area contributed by atoms with Crippen LogP contribution in [0.3, 0.4) is 0 Å². The van der Waals surface area contributed by atoms with Crippen LogP contribution in [0.4, 0.5) is 0 Å². The van der Waals surface area contributed by atoms with Gasteiger partial charge in [0, 0.05) is 11.1 Å². The number of hydrogen-bond acceptors (Lipinski definition) is 1. The van der Waals surface area contributed by atoms with Gasteiger partial charge in [0.15, 0.2) is 0 Å². The van der Waals surface area contributed by atoms with E-state index in [0.29, 0.717) is 18.4 Å². The van der Waals surface area contributed by atoms with Crippen molar-refractivity contribution < 1.29 is 23.1 Å². The molecule has 1 nitrogen and oxygen atoms in total. The zero-order chi connectivity index (χ0) is 29.9. The van der Waals surface area contributed by atoms with Crippen LogP contribution in [0, 0.1) is 6.92 Å². The first-order chi connectivity index (χ1) is 21.1. The fraction of sp³-hybridized carbons (Fsp3) is 0.100. The molecule has 1 unspecified atom stereocenters. The van der Waals surface area contributed by atoms with Gasteiger partial charge in [-0.2, -0.15) is 0 Å². The molecule has 6 rings (SSSR count). The normalized spacial score (nSPS) is 14.1. The summed E-state index contributed by atoms with van der Waals surface area (Å²) in [5, 5.41) is 0. The Balaban J connectivity index is 0.000000235. The first-order valence-corrected chi connectivity index (χ1v) is 21.4. The van der Waals surface area contributed by atoms with Crippen molar-refractivity contribution in [2.24, 2.45) is 0 Å². The molecule has 0 heterocycles. The van der Waals surface area contributed by atoms with Crippen molar-refractivity contribution in [3.63, 3.8) is 0 Å². The predicted octanol–water partition coefficient (Wildman–Crippen LogP) is 10.5. The number of ether oxygens (including phenoxy) is 1. The van der Waals surface area contributed by atoms with Gasteiger partial charge >= 0.3 is 89.9 Å². The number of rotatable bonds is 8. The maximum atomic E-state index is 6.45. The summed E-state index contributed by atoms with van der Waals surface area (Å²) in [5.41, 5.74) is 8.65. The number of hydrogen-bond donors (Lipinski definition) is 0. The van der Waals surface area contributed by atoms with Crippen LogP contribution in [-0.2, 0) is 18.4 Å². The standard InChI is InChI=1S/C29H24O.C9H7.C2H7Si.Ti/c1-23-17-19-24(20-18-23)21-22-28(25-11-5-2-6-12-25)29(26-13-7-3-8-14-26)30-27-15-9-4-10-16-27;1-2-5-9-7-3-6-8(9)4-1;1-3-2;/h2-22H,1H3;1-7H;3H,1-2H3;. The summed E-state index contributed by atoms with van der Waals surface area (Å²) in [4.78, 5) is 0. The van der Waals surface area contributed by atoms with E-state index >= 15 is 0 Å². The van der Waals surface area contributed by atoms with E-state index < -0.39 is 0 Å². The van der Waals surface area contributed by atoms with Gasteiger partial charge in [-0.1, -0.05) is 121 Å². The Hall–Kier alpha value is -3.95. The molecular weight excluding hydrogens is 572 g/mol. The predicted molar refractivity (Wildman–Crippen MR) is 184 cm³/mol. The number of allylic oxidation sites excluding steroid dienone is 3. The van der Waals surface area contributed by atoms with E-state index in [2.05, 4.69) is 129 Å². The van der Waals surface area contributed by atoms with E-state index in [1.807, 2.05) is 54.6 Å². The molecule has 0 fully saturated rings. The Morgan fingerprint density at radius 1 is 0.674 bits per heavy atom. The van der Waals surface area contributed by atoms with Gasteiger partial charge in [0.05, 0.1) is 0 Å². The SMILES string of the molecule is C[SiH](C)[Ti][CH]1C=Cc2ccccc21.Cc1ccc(C=CC(=C(Oc2ccccc2)c2ccccc2)c2ccccc2)cc1. The largest absolute Gasteiger partial charge is 0.456 e. The third-order valence-corrected chi connectivity index (χ3v) is 13.8. The van der Waals surface area contributed by atoms with E-state index in [-0.39, 0.29) is 6.66 Å². The van der Waals surface area contributed by atoms with Crippen LogP contribution in [0.5, 0.6) is 5.75 Å². The van der Waals surface area contributed by atoms with E-state index in [0.717, 1.165) is 38.0 Å². The molecule has 1 aliphatic carbocycles. The molecule has 0 spiro atoms. The molecule has 1 atom stereocenters. The summed E-state index contributed by atoms with van der Waals surface area (Å²) >= 11 is 0.290. The van der Waals surface area contributed by atoms with Crippen LogP contribution in [0.15, 0.2) is 152 Å². The molecule has 3 heteroatoms. The quantitative estimate of drug-likeness (QED) is 0.0735. The van der Waals surface area contributed by atoms with Gasteiger partial charge < -0.3 is 4.74 Å². The van der Waals surface area contributed by atoms with Crippen LogP contribution in [0.25, 0.3) is 23.5 Å². The molecule has 0 radical (unpaired) electrons. The second kappa shape index (κ2) is 15.5. The molecule has 5 aromatic carbocycles. The summed E-state index contributed by atoms with van der Waals surface area (Å²) in [6, 6.07) is 48.0. The number of aryl methyl sites for hydroxylation is 1. The molecule has 0 N–H and O–H groups in total. The molecule has 0 aliphatic heterocycles. The monoisotopic (exact) mass is 610 g/mol. The maximum absolute atomic E-state index is 6.45. The van der Waals surface area contributed by atoms with Crippen molar-refractivity contribution in [2.45, 2.75) is 24.2 Å². The van der Waals surface area contributed by atoms with Gasteiger partial charge in [0.25, 0.3) is 0 Å². The van der Waals surface area contributed by atoms with E-state index in [1.54, 1.807) is 5.56 Å². The van der Waals surface area contributed by atoms with Gasteiger partial charge in [0.2, 0.25) is 0 Å². The zero-order valence-corrected chi connectivity index (χ0v) is 27.9. The van der Waals surface area contributed by atoms with Gasteiger partial charge in [-0.15, -0.1) is 0 Å². The first kappa shape index (κ1) is 30.5. The minimum atomic E-state index is -0.309. The van der Waals surface area contributed by atoms with E-state index in [4.69, 9.17) is 4.74 Å². The molecule has 0 amide bonds. The topological polar surface area (TPSA) is 9.23 Å². The molecule has 43 heavy (non-hydrogen) atoms. The van der Waals surface area contributed by atoms with Crippen molar-refractivity contribution in [3.05, 3.63) is 185 Å². The minimum absolute atomic E-state index is 0.290. The second-order valence-corrected chi connectivity index (χ2v) is 21.5. The van der Waals surface area contributed by atoms with Gasteiger partial charge in [-0.25, -0.2) is 0 Å². The number of para-hydroxylation sites is 1. The molecule has 1 aliphatic rings. The Labute approximate surface area is 267 Å². The summed E-state index contributed by atoms with van der Waals surface area (Å²) in [5.74, 6) is 1.64. The van der Waals surface area contributed by atoms with Gasteiger partial charge in [0.1, 0.15) is 11.5 Å². The van der Waals surface area contributed by atoms with Crippen molar-refractivity contribution in [3.8, 4) is 5.75 Å². The molecular formula is C40H38OSiTi. The summed E-state index contributed by atoms with van der Waals surface area (Å²) in [6.07, 6.45) is 9.02. The summed E-state index contributed by atoms with van der Waals surface area (Å²) < 4.78 is 7.30. The Morgan fingerprint density at radius 3 is 1.91 bits per heavy atom. The molecule has 0 saturated carbocycles. The van der Waals surface area contributed by atoms with E-state index in [1.165, 1.54) is 11.1 Å². The zero-order valence-electron chi connectivity index (χ0n) is 25.2. The molecule has 0 bridgehead atoms. The Morgan fingerprint density at radius 2 is 1.26 bits per heavy atom. The molecule has 5 aromatic rings. The third kappa shape index (κ3) is 8.78. The van der Waals surface area contributed by atoms with Crippen LogP contribution in [0.2, 0.25) is 13.1 Å². The Kier molecular flexibility index (Phi) is 11.0. The second-order valence-electron chi connectivity index (χ2n) is 10.9. The first-order valence-electron chi connectivity index (χ1n) is 14.9. The van der Waals surface area contributed by atoms with Crippen LogP contribution >= 0.6 is 0 Å². The minimum Gasteiger partial charge on any atom is -0.456 e. The van der Waals surface area contributed by atoms with Crippen LogP contribution in [0.1, 0.15) is 37.6 Å². The average Bonchev–Trinajstić information content (AvgIpc) is 3.45. The maximum Gasteiger partial charge on any atom is 0.142 e. The third-order valence-electron chi connectivity index (χ3n) is 7.16. The van der Waals surface area contributed by atoms with E-state index in [9.17, 15) is 0 Å². The fourth-order valence-electron chi connectivity index (χ4n) is 5.00. The van der Waals surface area contributed by atoms with Crippen molar-refractivity contribution in [2.75, 3.05) is 0 Å². The van der Waals surface area contributed by atoms with Crippen molar-refractivity contribution in [1.29, 1.82) is 0 Å². The fourth-order valence-corrected chi connectivity index (χ4v) is 11.3. The smallest absolute Gasteiger partial charge is 0.142 e. The Bertz CT molecular complexity index is 1670. The van der Waals surface area contributed by atoms with Crippen molar-refractivity contribution >= 4 is 30.1 Å². The van der Waals surface area contributed by atoms with Gasteiger partial charge in [-0.05, 0) is 30.2 Å². The summed E-state index contributed by atoms with van der Waals surface area (Å²) in [7, 11) is 0. The number of benzene rings is 5. The van der Waals surface area contributed by atoms with Gasteiger partial charge in [-0.3, -0.25) is 0 Å². The summed E-state index contributed by atoms with van der Waals surface area (Å²) in [6.45, 7) is 6.75. The van der Waals surface area contributed by atoms with Crippen molar-refractivity contribution in [1.82, 2.24) is 0 Å². The molecule has 0 saturated heterocycles. The molecule has 0 aromatic heterocycles. The van der Waals surface area contributed by atoms with Crippen LogP contribution in [-0.4, -0.2) is 6.66 Å². The van der Waals surface area contributed by atoms with Crippen LogP contribution < -0.4 is 4.74 Å². The number of fused-ring (bicyclic) bond motifs is 1.